The average molecular weight is 219 g/mol. The van der Waals surface area contributed by atoms with E-state index in [-0.39, 0.29) is 0 Å². The van der Waals surface area contributed by atoms with Crippen molar-refractivity contribution in [1.82, 2.24) is 4.98 Å². The molecule has 0 unspecified atom stereocenters. The SMILES string of the molecule is COc1[nH]c2c(OC)ccc(C)c2c1C=O. The molecule has 0 atom stereocenters. The van der Waals surface area contributed by atoms with Crippen LogP contribution in [0.25, 0.3) is 10.9 Å². The van der Waals surface area contributed by atoms with E-state index in [1.807, 2.05) is 19.1 Å². The van der Waals surface area contributed by atoms with Crippen LogP contribution in [-0.2, 0) is 0 Å². The Balaban J connectivity index is 2.89. The number of aryl methyl sites for hydroxylation is 1. The molecule has 0 spiro atoms. The van der Waals surface area contributed by atoms with Gasteiger partial charge in [-0.3, -0.25) is 4.79 Å². The summed E-state index contributed by atoms with van der Waals surface area (Å²) in [6.07, 6.45) is 0.796. The van der Waals surface area contributed by atoms with Gasteiger partial charge in [-0.1, -0.05) is 6.07 Å². The zero-order valence-corrected chi connectivity index (χ0v) is 9.46. The lowest BCUT2D eigenvalue weighted by Crippen LogP contribution is -1.87. The Kier molecular flexibility index (Phi) is 2.56. The Hall–Kier alpha value is -1.97. The van der Waals surface area contributed by atoms with Gasteiger partial charge in [0.25, 0.3) is 0 Å². The molecule has 4 heteroatoms. The first-order valence-electron chi connectivity index (χ1n) is 4.91. The van der Waals surface area contributed by atoms with Crippen LogP contribution in [0.3, 0.4) is 0 Å². The highest BCUT2D eigenvalue weighted by Crippen LogP contribution is 2.34. The van der Waals surface area contributed by atoms with Crippen LogP contribution in [0, 0.1) is 6.92 Å². The Morgan fingerprint density at radius 2 is 2.00 bits per heavy atom. The van der Waals surface area contributed by atoms with Crippen molar-refractivity contribution >= 4 is 17.2 Å². The number of hydrogen-bond acceptors (Lipinski definition) is 3. The highest BCUT2D eigenvalue weighted by molar-refractivity contribution is 6.04. The van der Waals surface area contributed by atoms with Crippen LogP contribution in [0.15, 0.2) is 12.1 Å². The number of hydrogen-bond donors (Lipinski definition) is 1. The second-order valence-electron chi connectivity index (χ2n) is 3.52. The molecule has 2 aromatic rings. The van der Waals surface area contributed by atoms with E-state index in [4.69, 9.17) is 9.47 Å². The van der Waals surface area contributed by atoms with Crippen molar-refractivity contribution in [2.45, 2.75) is 6.92 Å². The monoisotopic (exact) mass is 219 g/mol. The van der Waals surface area contributed by atoms with Gasteiger partial charge < -0.3 is 14.5 Å². The van der Waals surface area contributed by atoms with Crippen molar-refractivity contribution < 1.29 is 14.3 Å². The summed E-state index contributed by atoms with van der Waals surface area (Å²) in [5.41, 5.74) is 2.34. The number of H-pyrrole nitrogens is 1. The standard InChI is InChI=1S/C12H13NO3/c1-7-4-5-9(15-2)11-10(7)8(6-14)12(13-11)16-3/h4-6,13H,1-3H3. The van der Waals surface area contributed by atoms with Crippen molar-refractivity contribution in [3.8, 4) is 11.6 Å². The zero-order chi connectivity index (χ0) is 11.7. The third kappa shape index (κ3) is 1.34. The number of fused-ring (bicyclic) bond motifs is 1. The third-order valence-electron chi connectivity index (χ3n) is 2.67. The number of benzene rings is 1. The quantitative estimate of drug-likeness (QED) is 0.806. The van der Waals surface area contributed by atoms with Crippen LogP contribution in [0.4, 0.5) is 0 Å². The fraction of sp³-hybridized carbons (Fsp3) is 0.250. The molecule has 1 aromatic carbocycles. The smallest absolute Gasteiger partial charge is 0.202 e. The highest BCUT2D eigenvalue weighted by atomic mass is 16.5. The first-order valence-corrected chi connectivity index (χ1v) is 4.91. The van der Waals surface area contributed by atoms with Crippen molar-refractivity contribution in [1.29, 1.82) is 0 Å². The summed E-state index contributed by atoms with van der Waals surface area (Å²) in [6, 6.07) is 3.78. The molecule has 0 aliphatic carbocycles. The number of carbonyl (C=O) groups excluding carboxylic acids is 1. The van der Waals surface area contributed by atoms with Gasteiger partial charge in [-0.25, -0.2) is 0 Å². The van der Waals surface area contributed by atoms with E-state index in [0.29, 0.717) is 17.2 Å². The van der Waals surface area contributed by atoms with Crippen LogP contribution in [0.5, 0.6) is 11.6 Å². The number of aromatic nitrogens is 1. The predicted octanol–water partition coefficient (Wildman–Crippen LogP) is 2.31. The lowest BCUT2D eigenvalue weighted by atomic mass is 10.1. The van der Waals surface area contributed by atoms with Gasteiger partial charge in [0, 0.05) is 5.39 Å². The lowest BCUT2D eigenvalue weighted by Gasteiger charge is -2.03. The second-order valence-corrected chi connectivity index (χ2v) is 3.52. The summed E-state index contributed by atoms with van der Waals surface area (Å²) in [4.78, 5) is 14.1. The molecule has 0 bridgehead atoms. The molecule has 0 aliphatic heterocycles. The van der Waals surface area contributed by atoms with Gasteiger partial charge in [-0.2, -0.15) is 0 Å². The molecule has 1 aromatic heterocycles. The molecular weight excluding hydrogens is 206 g/mol. The molecule has 1 heterocycles. The molecule has 0 fully saturated rings. The molecule has 0 radical (unpaired) electrons. The van der Waals surface area contributed by atoms with E-state index in [1.165, 1.54) is 7.11 Å². The summed E-state index contributed by atoms with van der Waals surface area (Å²) in [6.45, 7) is 1.95. The normalized spacial score (nSPS) is 10.4. The van der Waals surface area contributed by atoms with E-state index < -0.39 is 0 Å². The largest absolute Gasteiger partial charge is 0.495 e. The van der Waals surface area contributed by atoms with E-state index in [1.54, 1.807) is 7.11 Å². The molecular formula is C12H13NO3. The van der Waals surface area contributed by atoms with Gasteiger partial charge in [0.15, 0.2) is 6.29 Å². The topological polar surface area (TPSA) is 51.3 Å². The zero-order valence-electron chi connectivity index (χ0n) is 9.46. The molecule has 4 nitrogen and oxygen atoms in total. The van der Waals surface area contributed by atoms with Gasteiger partial charge in [0.1, 0.15) is 5.75 Å². The number of aldehydes is 1. The maximum Gasteiger partial charge on any atom is 0.202 e. The molecule has 84 valence electrons. The Morgan fingerprint density at radius 3 is 2.56 bits per heavy atom. The first kappa shape index (κ1) is 10.5. The van der Waals surface area contributed by atoms with Crippen LogP contribution >= 0.6 is 0 Å². The Labute approximate surface area is 93.2 Å². The van der Waals surface area contributed by atoms with Crippen LogP contribution in [0.2, 0.25) is 0 Å². The predicted molar refractivity (Wildman–Crippen MR) is 61.5 cm³/mol. The molecule has 1 N–H and O–H groups in total. The maximum absolute atomic E-state index is 11.1. The summed E-state index contributed by atoms with van der Waals surface area (Å²) in [7, 11) is 3.12. The number of rotatable bonds is 3. The van der Waals surface area contributed by atoms with Gasteiger partial charge in [0.05, 0.1) is 25.3 Å². The van der Waals surface area contributed by atoms with Crippen LogP contribution in [0.1, 0.15) is 15.9 Å². The van der Waals surface area contributed by atoms with Crippen molar-refractivity contribution in [2.24, 2.45) is 0 Å². The van der Waals surface area contributed by atoms with Gasteiger partial charge in [0.2, 0.25) is 5.88 Å². The Morgan fingerprint density at radius 1 is 1.25 bits per heavy atom. The molecule has 0 amide bonds. The molecule has 2 rings (SSSR count). The van der Waals surface area contributed by atoms with Crippen LogP contribution in [-0.4, -0.2) is 25.5 Å². The number of nitrogens with one attached hydrogen (secondary N) is 1. The highest BCUT2D eigenvalue weighted by Gasteiger charge is 2.16. The molecule has 0 saturated carbocycles. The maximum atomic E-state index is 11.1. The average Bonchev–Trinajstić information content (AvgIpc) is 2.69. The number of methoxy groups -OCH3 is 2. The van der Waals surface area contributed by atoms with Gasteiger partial charge in [-0.05, 0) is 18.6 Å². The van der Waals surface area contributed by atoms with E-state index in [9.17, 15) is 4.79 Å². The van der Waals surface area contributed by atoms with E-state index in [2.05, 4.69) is 4.98 Å². The first-order chi connectivity index (χ1) is 7.72. The molecule has 0 aliphatic rings. The van der Waals surface area contributed by atoms with E-state index >= 15 is 0 Å². The fourth-order valence-corrected chi connectivity index (χ4v) is 1.90. The minimum atomic E-state index is 0.470. The fourth-order valence-electron chi connectivity index (χ4n) is 1.90. The van der Waals surface area contributed by atoms with Crippen molar-refractivity contribution in [2.75, 3.05) is 14.2 Å². The minimum Gasteiger partial charge on any atom is -0.495 e. The van der Waals surface area contributed by atoms with E-state index in [0.717, 1.165) is 22.8 Å². The van der Waals surface area contributed by atoms with Crippen molar-refractivity contribution in [3.63, 3.8) is 0 Å². The number of ether oxygens (including phenoxy) is 2. The third-order valence-corrected chi connectivity index (χ3v) is 2.67. The number of carbonyl (C=O) groups is 1. The van der Waals surface area contributed by atoms with Crippen molar-refractivity contribution in [3.05, 3.63) is 23.3 Å². The summed E-state index contributed by atoms with van der Waals surface area (Å²) in [5, 5.41) is 0.853. The molecule has 0 saturated heterocycles. The summed E-state index contributed by atoms with van der Waals surface area (Å²) < 4.78 is 10.4. The van der Waals surface area contributed by atoms with Gasteiger partial charge >= 0.3 is 0 Å². The minimum absolute atomic E-state index is 0.470. The molecule has 16 heavy (non-hydrogen) atoms. The summed E-state index contributed by atoms with van der Waals surface area (Å²) in [5.74, 6) is 1.17. The lowest BCUT2D eigenvalue weighted by molar-refractivity contribution is 0.112. The summed E-state index contributed by atoms with van der Waals surface area (Å²) >= 11 is 0. The van der Waals surface area contributed by atoms with Crippen LogP contribution < -0.4 is 9.47 Å². The van der Waals surface area contributed by atoms with Gasteiger partial charge in [-0.15, -0.1) is 0 Å². The Bertz CT molecular complexity index is 543. The second kappa shape index (κ2) is 3.89. The number of aromatic amines is 1.